The number of para-hydroxylation sites is 1. The van der Waals surface area contributed by atoms with Gasteiger partial charge in [0.25, 0.3) is 0 Å². The zero-order chi connectivity index (χ0) is 26.4. The van der Waals surface area contributed by atoms with Crippen LogP contribution < -0.4 is 15.1 Å². The van der Waals surface area contributed by atoms with Crippen molar-refractivity contribution in [2.45, 2.75) is 6.42 Å². The fourth-order valence-electron chi connectivity index (χ4n) is 4.70. The van der Waals surface area contributed by atoms with E-state index in [1.54, 1.807) is 66.5 Å². The summed E-state index contributed by atoms with van der Waals surface area (Å²) < 4.78 is 31.4. The van der Waals surface area contributed by atoms with E-state index in [4.69, 9.17) is 13.9 Å². The van der Waals surface area contributed by atoms with Gasteiger partial charge in [0.05, 0.1) is 25.5 Å². The lowest BCUT2D eigenvalue weighted by Gasteiger charge is -2.08. The molecule has 8 heteroatoms. The Morgan fingerprint density at radius 1 is 0.947 bits per heavy atom. The molecule has 2 aromatic heterocycles. The van der Waals surface area contributed by atoms with Gasteiger partial charge < -0.3 is 13.9 Å². The molecule has 0 N–H and O–H groups in total. The first-order valence-electron chi connectivity index (χ1n) is 11.8. The summed E-state index contributed by atoms with van der Waals surface area (Å²) in [5, 5.41) is 5.39. The molecule has 0 saturated heterocycles. The number of nitrogens with zero attached hydrogens (tertiary/aromatic N) is 2. The van der Waals surface area contributed by atoms with Crippen LogP contribution in [-0.4, -0.2) is 29.8 Å². The third-order valence-corrected chi connectivity index (χ3v) is 6.59. The van der Waals surface area contributed by atoms with E-state index in [9.17, 15) is 14.0 Å². The molecule has 0 bridgehead atoms. The molecule has 0 spiro atoms. The lowest BCUT2D eigenvalue weighted by molar-refractivity contribution is 0.104. The molecular formula is C30H21FN2O5. The van der Waals surface area contributed by atoms with Crippen LogP contribution in [0.15, 0.2) is 87.7 Å². The van der Waals surface area contributed by atoms with Gasteiger partial charge >= 0.3 is 5.63 Å². The maximum absolute atomic E-state index is 13.6. The van der Waals surface area contributed by atoms with E-state index in [1.807, 2.05) is 12.1 Å². The fourth-order valence-corrected chi connectivity index (χ4v) is 4.70. The van der Waals surface area contributed by atoms with Crippen molar-refractivity contribution < 1.29 is 23.1 Å². The summed E-state index contributed by atoms with van der Waals surface area (Å²) >= 11 is 0. The van der Waals surface area contributed by atoms with E-state index in [2.05, 4.69) is 5.10 Å². The fraction of sp³-hybridized carbons (Fsp3) is 0.100. The average Bonchev–Trinajstić information content (AvgIpc) is 3.48. The number of Topliss-reactive ketones (excluding diaryl/α,β-unsaturated/α-hetero) is 1. The molecule has 3 aromatic carbocycles. The van der Waals surface area contributed by atoms with Crippen molar-refractivity contribution in [3.63, 3.8) is 0 Å². The minimum Gasteiger partial charge on any atom is -0.493 e. The molecule has 0 saturated carbocycles. The predicted molar refractivity (Wildman–Crippen MR) is 141 cm³/mol. The van der Waals surface area contributed by atoms with E-state index >= 15 is 0 Å². The van der Waals surface area contributed by atoms with Gasteiger partial charge in [-0.25, -0.2) is 13.9 Å². The van der Waals surface area contributed by atoms with Crippen molar-refractivity contribution >= 4 is 22.8 Å². The Kier molecular flexibility index (Phi) is 5.64. The minimum atomic E-state index is -0.553. The molecule has 1 aliphatic carbocycles. The minimum absolute atomic E-state index is 0.146. The number of rotatable bonds is 5. The number of hydrogen-bond acceptors (Lipinski definition) is 6. The molecule has 38 heavy (non-hydrogen) atoms. The highest BCUT2D eigenvalue weighted by Gasteiger charge is 2.28. The standard InChI is InChI=1S/C30H21FN2O5/c1-36-26-14-18-11-19(29(34)23(18)15-27(26)37-2)12-20-16-33(22-9-7-21(31)8-10-22)32-28(20)24-13-17-5-3-4-6-25(17)38-30(24)35/h3-10,12-16H,11H2,1-2H3/b19-12-. The quantitative estimate of drug-likeness (QED) is 0.226. The van der Waals surface area contributed by atoms with Gasteiger partial charge in [-0.1, -0.05) is 18.2 Å². The number of methoxy groups -OCH3 is 2. The number of hydrogen-bond donors (Lipinski definition) is 0. The zero-order valence-electron chi connectivity index (χ0n) is 20.5. The lowest BCUT2D eigenvalue weighted by Crippen LogP contribution is -2.04. The summed E-state index contributed by atoms with van der Waals surface area (Å²) in [7, 11) is 3.06. The van der Waals surface area contributed by atoms with Crippen LogP contribution in [0.3, 0.4) is 0 Å². The van der Waals surface area contributed by atoms with Crippen molar-refractivity contribution in [2.75, 3.05) is 14.2 Å². The summed E-state index contributed by atoms with van der Waals surface area (Å²) in [6, 6.07) is 18.2. The van der Waals surface area contributed by atoms with Crippen molar-refractivity contribution in [3.8, 4) is 28.4 Å². The largest absolute Gasteiger partial charge is 0.493 e. The Morgan fingerprint density at radius 2 is 1.68 bits per heavy atom. The summed E-state index contributed by atoms with van der Waals surface area (Å²) in [5.74, 6) is 0.490. The Hall–Kier alpha value is -4.98. The highest BCUT2D eigenvalue weighted by atomic mass is 19.1. The summed E-state index contributed by atoms with van der Waals surface area (Å²) in [4.78, 5) is 26.4. The van der Waals surface area contributed by atoms with Gasteiger partial charge in [0.15, 0.2) is 17.3 Å². The third kappa shape index (κ3) is 3.96. The zero-order valence-corrected chi connectivity index (χ0v) is 20.5. The van der Waals surface area contributed by atoms with E-state index in [0.717, 1.165) is 10.9 Å². The first-order chi connectivity index (χ1) is 18.4. The van der Waals surface area contributed by atoms with Crippen LogP contribution in [0.2, 0.25) is 0 Å². The van der Waals surface area contributed by atoms with Gasteiger partial charge in [-0.3, -0.25) is 4.79 Å². The second-order valence-electron chi connectivity index (χ2n) is 8.88. The number of halogens is 1. The SMILES string of the molecule is COc1cc2c(cc1OC)C(=O)/C(=C\c1cn(-c3ccc(F)cc3)nc1-c1cc3ccccc3oc1=O)C2. The highest BCUT2D eigenvalue weighted by molar-refractivity contribution is 6.16. The second kappa shape index (κ2) is 9.15. The van der Waals surface area contributed by atoms with Gasteiger partial charge in [0.1, 0.15) is 17.1 Å². The predicted octanol–water partition coefficient (Wildman–Crippen LogP) is 5.62. The van der Waals surface area contributed by atoms with Gasteiger partial charge in [0.2, 0.25) is 0 Å². The van der Waals surface area contributed by atoms with Gasteiger partial charge in [-0.2, -0.15) is 5.10 Å². The summed E-state index contributed by atoms with van der Waals surface area (Å²) in [6.45, 7) is 0. The first kappa shape index (κ1) is 23.4. The number of carbonyl (C=O) groups excluding carboxylic acids is 1. The van der Waals surface area contributed by atoms with Crippen LogP contribution in [-0.2, 0) is 6.42 Å². The first-order valence-corrected chi connectivity index (χ1v) is 11.8. The highest BCUT2D eigenvalue weighted by Crippen LogP contribution is 2.37. The smallest absolute Gasteiger partial charge is 0.345 e. The Balaban J connectivity index is 1.51. The molecule has 188 valence electrons. The van der Waals surface area contributed by atoms with Crippen LogP contribution in [0.5, 0.6) is 11.5 Å². The lowest BCUT2D eigenvalue weighted by atomic mass is 10.0. The molecule has 0 atom stereocenters. The summed E-state index contributed by atoms with van der Waals surface area (Å²) in [5.41, 5.74) is 3.53. The number of fused-ring (bicyclic) bond motifs is 2. The number of benzene rings is 3. The Labute approximate surface area is 216 Å². The van der Waals surface area contributed by atoms with Crippen molar-refractivity contribution in [2.24, 2.45) is 0 Å². The van der Waals surface area contributed by atoms with Gasteiger partial charge in [0, 0.05) is 34.7 Å². The monoisotopic (exact) mass is 508 g/mol. The van der Waals surface area contributed by atoms with Crippen LogP contribution in [0.25, 0.3) is 34.0 Å². The van der Waals surface area contributed by atoms with Crippen molar-refractivity contribution in [1.82, 2.24) is 9.78 Å². The van der Waals surface area contributed by atoms with Crippen LogP contribution in [0, 0.1) is 5.82 Å². The molecule has 0 unspecified atom stereocenters. The number of ether oxygens (including phenoxy) is 2. The normalized spacial score (nSPS) is 13.8. The number of allylic oxidation sites excluding steroid dienone is 1. The second-order valence-corrected chi connectivity index (χ2v) is 8.88. The van der Waals surface area contributed by atoms with Crippen LogP contribution in [0.4, 0.5) is 4.39 Å². The van der Waals surface area contributed by atoms with E-state index in [1.165, 1.54) is 19.2 Å². The molecule has 7 nitrogen and oxygen atoms in total. The molecule has 6 rings (SSSR count). The number of aromatic nitrogens is 2. The molecule has 1 aliphatic rings. The van der Waals surface area contributed by atoms with E-state index in [-0.39, 0.29) is 17.2 Å². The number of ketones is 1. The van der Waals surface area contributed by atoms with E-state index in [0.29, 0.717) is 51.6 Å². The Bertz CT molecular complexity index is 1820. The molecule has 0 fully saturated rings. The van der Waals surface area contributed by atoms with Crippen molar-refractivity contribution in [1.29, 1.82) is 0 Å². The van der Waals surface area contributed by atoms with Gasteiger partial charge in [-0.05, 0) is 60.2 Å². The molecule has 5 aromatic rings. The topological polar surface area (TPSA) is 83.6 Å². The molecular weight excluding hydrogens is 487 g/mol. The average molecular weight is 509 g/mol. The Morgan fingerprint density at radius 3 is 2.45 bits per heavy atom. The maximum atomic E-state index is 13.6. The molecule has 2 heterocycles. The van der Waals surface area contributed by atoms with Crippen molar-refractivity contribution in [3.05, 3.63) is 111 Å². The summed E-state index contributed by atoms with van der Waals surface area (Å²) in [6.07, 6.45) is 3.82. The van der Waals surface area contributed by atoms with Crippen LogP contribution >= 0.6 is 0 Å². The molecule has 0 aliphatic heterocycles. The van der Waals surface area contributed by atoms with Gasteiger partial charge in [-0.15, -0.1) is 0 Å². The van der Waals surface area contributed by atoms with E-state index < -0.39 is 5.63 Å². The number of carbonyl (C=O) groups is 1. The molecule has 0 amide bonds. The maximum Gasteiger partial charge on any atom is 0.345 e. The molecule has 0 radical (unpaired) electrons. The third-order valence-electron chi connectivity index (χ3n) is 6.59. The van der Waals surface area contributed by atoms with Crippen LogP contribution in [0.1, 0.15) is 21.5 Å².